The summed E-state index contributed by atoms with van der Waals surface area (Å²) in [6, 6.07) is 0. The van der Waals surface area contributed by atoms with E-state index in [1.807, 2.05) is 0 Å². The van der Waals surface area contributed by atoms with E-state index in [4.69, 9.17) is 5.11 Å². The second-order valence-corrected chi connectivity index (χ2v) is 9.80. The normalized spacial score (nSPS) is 15.8. The maximum Gasteiger partial charge on any atom is 0.303 e. The average Bonchev–Trinajstić information content (AvgIpc) is 2.83. The molecule has 0 atom stereocenters. The van der Waals surface area contributed by atoms with Gasteiger partial charge in [-0.25, -0.2) is 0 Å². The molecular formula is C28H60CoN4O2. The molecule has 5 N–H and O–H groups in total. The van der Waals surface area contributed by atoms with Crippen LogP contribution in [0.4, 0.5) is 0 Å². The molecule has 0 bridgehead atoms. The van der Waals surface area contributed by atoms with Crippen LogP contribution in [0.25, 0.3) is 0 Å². The van der Waals surface area contributed by atoms with Crippen molar-refractivity contribution in [1.82, 2.24) is 21.3 Å². The van der Waals surface area contributed by atoms with Gasteiger partial charge < -0.3 is 26.4 Å². The van der Waals surface area contributed by atoms with E-state index in [1.165, 1.54) is 96.3 Å². The van der Waals surface area contributed by atoms with Crippen molar-refractivity contribution >= 4 is 5.97 Å². The maximum absolute atomic E-state index is 10.3. The minimum atomic E-state index is -0.653. The first-order valence-corrected chi connectivity index (χ1v) is 14.8. The third kappa shape index (κ3) is 36.0. The number of carbonyl (C=O) groups is 1. The molecule has 0 unspecified atom stereocenters. The Morgan fingerprint density at radius 3 is 1.09 bits per heavy atom. The predicted octanol–water partition coefficient (Wildman–Crippen LogP) is 5.47. The first-order chi connectivity index (χ1) is 16.8. The van der Waals surface area contributed by atoms with Gasteiger partial charge in [0.15, 0.2) is 0 Å². The van der Waals surface area contributed by atoms with Gasteiger partial charge in [-0.2, -0.15) is 0 Å². The second-order valence-electron chi connectivity index (χ2n) is 9.80. The average molecular weight is 544 g/mol. The smallest absolute Gasteiger partial charge is 0.303 e. The summed E-state index contributed by atoms with van der Waals surface area (Å²) < 4.78 is 0. The number of unbranched alkanes of at least 4 members (excludes halogenated alkanes) is 14. The molecule has 0 amide bonds. The van der Waals surface area contributed by atoms with Crippen molar-refractivity contribution in [3.8, 4) is 0 Å². The summed E-state index contributed by atoms with van der Waals surface area (Å²) in [7, 11) is 0. The SMILES string of the molecule is C1CNCCNCCCNCCNC1.CCCCCCCCCCCCCCCCCC(=O)O.[Co]. The zero-order valence-corrected chi connectivity index (χ0v) is 24.1. The zero-order valence-electron chi connectivity index (χ0n) is 23.1. The quantitative estimate of drug-likeness (QED) is 0.166. The van der Waals surface area contributed by atoms with Crippen LogP contribution in [-0.2, 0) is 21.6 Å². The molecule has 0 aromatic rings. The van der Waals surface area contributed by atoms with Crippen molar-refractivity contribution in [2.75, 3.05) is 52.4 Å². The monoisotopic (exact) mass is 543 g/mol. The number of nitrogens with one attached hydrogen (secondary N) is 4. The molecule has 1 aliphatic heterocycles. The molecule has 0 aliphatic carbocycles. The molecule has 6 nitrogen and oxygen atoms in total. The van der Waals surface area contributed by atoms with Crippen LogP contribution in [-0.4, -0.2) is 63.4 Å². The molecule has 213 valence electrons. The van der Waals surface area contributed by atoms with Crippen LogP contribution < -0.4 is 21.3 Å². The summed E-state index contributed by atoms with van der Waals surface area (Å²) in [5, 5.41) is 22.2. The van der Waals surface area contributed by atoms with E-state index in [9.17, 15) is 4.79 Å². The Bertz CT molecular complexity index is 350. The first-order valence-electron chi connectivity index (χ1n) is 14.8. The summed E-state index contributed by atoms with van der Waals surface area (Å²) in [6.45, 7) is 11.1. The molecule has 0 aromatic carbocycles. The summed E-state index contributed by atoms with van der Waals surface area (Å²) >= 11 is 0. The number of carboxylic acids is 1. The van der Waals surface area contributed by atoms with Gasteiger partial charge in [-0.3, -0.25) is 4.79 Å². The van der Waals surface area contributed by atoms with E-state index in [1.54, 1.807) is 0 Å². The van der Waals surface area contributed by atoms with Crippen LogP contribution >= 0.6 is 0 Å². The third-order valence-corrected chi connectivity index (χ3v) is 6.37. The summed E-state index contributed by atoms with van der Waals surface area (Å²) in [5.74, 6) is -0.653. The van der Waals surface area contributed by atoms with Gasteiger partial charge in [0, 0.05) is 49.4 Å². The molecule has 1 radical (unpaired) electrons. The van der Waals surface area contributed by atoms with E-state index in [-0.39, 0.29) is 16.8 Å². The van der Waals surface area contributed by atoms with E-state index in [2.05, 4.69) is 28.2 Å². The van der Waals surface area contributed by atoms with Crippen LogP contribution in [0.15, 0.2) is 0 Å². The van der Waals surface area contributed by atoms with Gasteiger partial charge in [0.05, 0.1) is 0 Å². The number of hydrogen-bond donors (Lipinski definition) is 5. The largest absolute Gasteiger partial charge is 0.481 e. The number of carboxylic acid groups (broad SMARTS) is 1. The van der Waals surface area contributed by atoms with Crippen molar-refractivity contribution in [3.63, 3.8) is 0 Å². The Kier molecular flexibility index (Phi) is 35.7. The van der Waals surface area contributed by atoms with Crippen LogP contribution in [0, 0.1) is 0 Å². The predicted molar refractivity (Wildman–Crippen MR) is 148 cm³/mol. The summed E-state index contributed by atoms with van der Waals surface area (Å²) in [5.41, 5.74) is 0. The van der Waals surface area contributed by atoms with Gasteiger partial charge >= 0.3 is 5.97 Å². The summed E-state index contributed by atoms with van der Waals surface area (Å²) in [4.78, 5) is 10.3. The van der Waals surface area contributed by atoms with E-state index < -0.39 is 5.97 Å². The van der Waals surface area contributed by atoms with Crippen molar-refractivity contribution in [1.29, 1.82) is 0 Å². The molecule has 1 aliphatic rings. The van der Waals surface area contributed by atoms with Crippen LogP contribution in [0.2, 0.25) is 0 Å². The minimum absolute atomic E-state index is 0. The number of hydrogen-bond acceptors (Lipinski definition) is 5. The Balaban J connectivity index is 0. The van der Waals surface area contributed by atoms with E-state index >= 15 is 0 Å². The number of rotatable bonds is 16. The molecule has 0 aromatic heterocycles. The molecule has 1 saturated heterocycles. The van der Waals surface area contributed by atoms with Crippen molar-refractivity contribution in [3.05, 3.63) is 0 Å². The van der Waals surface area contributed by atoms with Gasteiger partial charge in [0.2, 0.25) is 0 Å². The minimum Gasteiger partial charge on any atom is -0.481 e. The van der Waals surface area contributed by atoms with Crippen LogP contribution in [0.5, 0.6) is 0 Å². The van der Waals surface area contributed by atoms with Gasteiger partial charge in [0.1, 0.15) is 0 Å². The van der Waals surface area contributed by atoms with Crippen molar-refractivity contribution in [2.24, 2.45) is 0 Å². The second kappa shape index (κ2) is 33.8. The van der Waals surface area contributed by atoms with Crippen molar-refractivity contribution in [2.45, 2.75) is 122 Å². The zero-order chi connectivity index (χ0) is 24.8. The Hall–Kier alpha value is -0.184. The molecule has 1 rings (SSSR count). The van der Waals surface area contributed by atoms with Gasteiger partial charge in [-0.05, 0) is 45.4 Å². The molecule has 35 heavy (non-hydrogen) atoms. The van der Waals surface area contributed by atoms with E-state index in [0.717, 1.165) is 65.2 Å². The van der Waals surface area contributed by atoms with Gasteiger partial charge in [-0.1, -0.05) is 96.8 Å². The molecular weight excluding hydrogens is 483 g/mol. The molecule has 0 spiro atoms. The third-order valence-electron chi connectivity index (χ3n) is 6.37. The fraction of sp³-hybridized carbons (Fsp3) is 0.964. The standard InChI is InChI=1S/C18H36O2.C10H24N4.Co/c1-2-3-4-5-6-7-8-9-10-11-12-13-14-15-16-17-18(19)20;1-3-11-7-9-13-5-2-6-14-10-8-12-4-1;/h2-17H2,1H3,(H,19,20);11-14H,1-10H2;. The Morgan fingerprint density at radius 2 is 0.800 bits per heavy atom. The van der Waals surface area contributed by atoms with Gasteiger partial charge in [-0.15, -0.1) is 0 Å². The number of aliphatic carboxylic acids is 1. The van der Waals surface area contributed by atoms with Crippen LogP contribution in [0.3, 0.4) is 0 Å². The summed E-state index contributed by atoms with van der Waals surface area (Å²) in [6.07, 6.45) is 22.6. The molecule has 7 heteroatoms. The van der Waals surface area contributed by atoms with Gasteiger partial charge in [0.25, 0.3) is 0 Å². The van der Waals surface area contributed by atoms with Crippen molar-refractivity contribution < 1.29 is 26.7 Å². The maximum atomic E-state index is 10.3. The topological polar surface area (TPSA) is 85.4 Å². The molecule has 1 heterocycles. The van der Waals surface area contributed by atoms with E-state index in [0.29, 0.717) is 6.42 Å². The Morgan fingerprint density at radius 1 is 0.514 bits per heavy atom. The molecule has 0 saturated carbocycles. The fourth-order valence-electron chi connectivity index (χ4n) is 4.18. The fourth-order valence-corrected chi connectivity index (χ4v) is 4.18. The first kappa shape index (κ1) is 37.0. The van der Waals surface area contributed by atoms with Crippen LogP contribution in [0.1, 0.15) is 122 Å². The Labute approximate surface area is 228 Å². The molecule has 1 fully saturated rings.